The SMILES string of the molecule is [2H]C([2H])([2H])c1cc(-c2c(C)ccc3c2oc2c(-c4ccc(C(C)(C)c5ccccc5)cc4)c(F)ccc23)[n+](C)cc1C([2H])([2H])[2H]. The molecule has 0 spiro atoms. The molecule has 2 aromatic heterocycles. The maximum Gasteiger partial charge on any atom is 0.216 e. The summed E-state index contributed by atoms with van der Waals surface area (Å²) in [6, 6.07) is 26.4. The molecule has 0 amide bonds. The molecule has 0 unspecified atom stereocenters. The summed E-state index contributed by atoms with van der Waals surface area (Å²) in [6.07, 6.45) is 1.36. The van der Waals surface area contributed by atoms with E-state index >= 15 is 4.39 Å². The fraction of sp³-hybridized carbons (Fsp3) is 0.194. The van der Waals surface area contributed by atoms with Crippen molar-refractivity contribution in [2.45, 2.75) is 39.9 Å². The van der Waals surface area contributed by atoms with Gasteiger partial charge in [-0.15, -0.1) is 0 Å². The summed E-state index contributed by atoms with van der Waals surface area (Å²) in [7, 11) is 1.68. The van der Waals surface area contributed by atoms with Gasteiger partial charge >= 0.3 is 0 Å². The smallest absolute Gasteiger partial charge is 0.216 e. The summed E-state index contributed by atoms with van der Waals surface area (Å²) in [4.78, 5) is 0. The van der Waals surface area contributed by atoms with Gasteiger partial charge in [0.15, 0.2) is 6.20 Å². The largest absolute Gasteiger partial charge is 0.454 e. The van der Waals surface area contributed by atoms with E-state index in [1.54, 1.807) is 17.7 Å². The van der Waals surface area contributed by atoms with E-state index in [1.165, 1.54) is 23.9 Å². The van der Waals surface area contributed by atoms with Crippen molar-refractivity contribution in [2.24, 2.45) is 7.05 Å². The molecule has 0 bridgehead atoms. The van der Waals surface area contributed by atoms with Crippen molar-refractivity contribution in [3.63, 3.8) is 0 Å². The van der Waals surface area contributed by atoms with E-state index in [0.717, 1.165) is 16.5 Å². The van der Waals surface area contributed by atoms with Crippen LogP contribution < -0.4 is 4.57 Å². The lowest BCUT2D eigenvalue weighted by Gasteiger charge is -2.26. The van der Waals surface area contributed by atoms with Gasteiger partial charge in [0.2, 0.25) is 5.69 Å². The van der Waals surface area contributed by atoms with Crippen molar-refractivity contribution in [1.29, 1.82) is 0 Å². The third-order valence-electron chi connectivity index (χ3n) is 7.89. The Morgan fingerprint density at radius 1 is 0.744 bits per heavy atom. The van der Waals surface area contributed by atoms with Gasteiger partial charge in [0, 0.05) is 36.0 Å². The van der Waals surface area contributed by atoms with Crippen molar-refractivity contribution in [3.05, 3.63) is 125 Å². The molecule has 0 aliphatic heterocycles. The number of furan rings is 1. The van der Waals surface area contributed by atoms with Gasteiger partial charge in [0.05, 0.1) is 11.1 Å². The average Bonchev–Trinajstić information content (AvgIpc) is 3.35. The standard InChI is InChI=1S/C36H33FNO/c1-22-12-17-28-29-18-19-30(37)33(25-13-15-27(16-14-25)36(4,5)26-10-8-7-9-11-26)35(29)39-34(28)32(22)31-20-23(2)24(3)21-38(31)6/h7-21H,1-6H3/q+1/i2D3,3D3. The van der Waals surface area contributed by atoms with E-state index in [0.29, 0.717) is 38.9 Å². The quantitative estimate of drug-likeness (QED) is 0.212. The van der Waals surface area contributed by atoms with Crippen LogP contribution in [0.5, 0.6) is 0 Å². The fourth-order valence-corrected chi connectivity index (χ4v) is 5.54. The van der Waals surface area contributed by atoms with Crippen LogP contribution in [0.3, 0.4) is 0 Å². The second-order valence-corrected chi connectivity index (χ2v) is 10.7. The number of nitrogens with zero attached hydrogens (tertiary/aromatic N) is 1. The highest BCUT2D eigenvalue weighted by Crippen LogP contribution is 2.42. The Hall–Kier alpha value is -4.24. The Labute approximate surface area is 237 Å². The van der Waals surface area contributed by atoms with Crippen LogP contribution >= 0.6 is 0 Å². The zero-order valence-electron chi connectivity index (χ0n) is 28.4. The predicted molar refractivity (Wildman–Crippen MR) is 159 cm³/mol. The third-order valence-corrected chi connectivity index (χ3v) is 7.89. The normalized spacial score (nSPS) is 14.9. The summed E-state index contributed by atoms with van der Waals surface area (Å²) in [5, 5.41) is 1.46. The molecule has 0 saturated carbocycles. The number of aromatic nitrogens is 1. The molecule has 0 radical (unpaired) electrons. The van der Waals surface area contributed by atoms with Crippen LogP contribution in [0.4, 0.5) is 4.39 Å². The van der Waals surface area contributed by atoms with Crippen molar-refractivity contribution < 1.29 is 21.6 Å². The molecule has 0 atom stereocenters. The molecule has 2 heterocycles. The minimum atomic E-state index is -2.65. The van der Waals surface area contributed by atoms with Crippen LogP contribution in [-0.2, 0) is 12.5 Å². The van der Waals surface area contributed by atoms with Crippen LogP contribution in [0.2, 0.25) is 0 Å². The van der Waals surface area contributed by atoms with Crippen LogP contribution in [-0.4, -0.2) is 0 Å². The molecule has 0 saturated heterocycles. The third kappa shape index (κ3) is 4.04. The first-order chi connectivity index (χ1) is 21.1. The number of aryl methyl sites for hydroxylation is 4. The molecular weight excluding hydrogens is 481 g/mol. The monoisotopic (exact) mass is 520 g/mol. The number of rotatable bonds is 4. The number of benzene rings is 4. The number of pyridine rings is 1. The lowest BCUT2D eigenvalue weighted by Crippen LogP contribution is -2.31. The van der Waals surface area contributed by atoms with E-state index in [-0.39, 0.29) is 16.5 Å². The van der Waals surface area contributed by atoms with E-state index in [4.69, 9.17) is 12.6 Å². The molecule has 39 heavy (non-hydrogen) atoms. The minimum Gasteiger partial charge on any atom is -0.454 e. The van der Waals surface area contributed by atoms with Gasteiger partial charge in [-0.05, 0) is 60.6 Å². The summed E-state index contributed by atoms with van der Waals surface area (Å²) in [5.41, 5.74) is 5.27. The molecule has 0 fully saturated rings. The van der Waals surface area contributed by atoms with Crippen molar-refractivity contribution >= 4 is 21.9 Å². The van der Waals surface area contributed by atoms with Gasteiger partial charge in [-0.3, -0.25) is 0 Å². The van der Waals surface area contributed by atoms with Crippen molar-refractivity contribution in [2.75, 3.05) is 0 Å². The molecule has 0 aliphatic carbocycles. The average molecular weight is 521 g/mol. The van der Waals surface area contributed by atoms with Crippen LogP contribution in [0.25, 0.3) is 44.3 Å². The van der Waals surface area contributed by atoms with Gasteiger partial charge in [-0.1, -0.05) is 80.6 Å². The number of hydrogen-bond acceptors (Lipinski definition) is 1. The van der Waals surface area contributed by atoms with Crippen molar-refractivity contribution in [3.8, 4) is 22.4 Å². The zero-order valence-corrected chi connectivity index (χ0v) is 22.4. The molecule has 4 aromatic carbocycles. The highest BCUT2D eigenvalue weighted by atomic mass is 19.1. The van der Waals surface area contributed by atoms with Gasteiger partial charge in [-0.2, -0.15) is 0 Å². The summed E-state index contributed by atoms with van der Waals surface area (Å²) < 4.78 is 71.9. The summed E-state index contributed by atoms with van der Waals surface area (Å²) in [6.45, 7) is 0.927. The topological polar surface area (TPSA) is 17.0 Å². The lowest BCUT2D eigenvalue weighted by atomic mass is 9.78. The first-order valence-electron chi connectivity index (χ1n) is 15.9. The number of fused-ring (bicyclic) bond motifs is 3. The van der Waals surface area contributed by atoms with Gasteiger partial charge in [-0.25, -0.2) is 8.96 Å². The fourth-order valence-electron chi connectivity index (χ4n) is 5.54. The second kappa shape index (κ2) is 9.20. The number of hydrogen-bond donors (Lipinski definition) is 0. The van der Waals surface area contributed by atoms with E-state index in [2.05, 4.69) is 26.0 Å². The molecule has 6 aromatic rings. The van der Waals surface area contributed by atoms with E-state index < -0.39 is 19.5 Å². The zero-order chi connectivity index (χ0) is 32.5. The van der Waals surface area contributed by atoms with Crippen LogP contribution in [0.1, 0.15) is 49.9 Å². The predicted octanol–water partition coefficient (Wildman–Crippen LogP) is 9.13. The summed E-state index contributed by atoms with van der Waals surface area (Å²) >= 11 is 0. The Morgan fingerprint density at radius 3 is 2.08 bits per heavy atom. The maximum atomic E-state index is 15.7. The first kappa shape index (κ1) is 18.9. The molecule has 6 rings (SSSR count). The molecule has 2 nitrogen and oxygen atoms in total. The molecule has 0 N–H and O–H groups in total. The Balaban J connectivity index is 1.55. The molecule has 194 valence electrons. The van der Waals surface area contributed by atoms with Gasteiger partial charge < -0.3 is 4.42 Å². The molecule has 3 heteroatoms. The first-order valence-corrected chi connectivity index (χ1v) is 12.9. The minimum absolute atomic E-state index is 0.230. The van der Waals surface area contributed by atoms with Gasteiger partial charge in [0.25, 0.3) is 0 Å². The van der Waals surface area contributed by atoms with Crippen molar-refractivity contribution in [1.82, 2.24) is 0 Å². The second-order valence-electron chi connectivity index (χ2n) is 10.7. The van der Waals surface area contributed by atoms with E-state index in [9.17, 15) is 0 Å². The van der Waals surface area contributed by atoms with Gasteiger partial charge in [0.1, 0.15) is 24.0 Å². The highest BCUT2D eigenvalue weighted by molar-refractivity contribution is 6.13. The van der Waals surface area contributed by atoms with Crippen LogP contribution in [0, 0.1) is 26.4 Å². The Morgan fingerprint density at radius 2 is 1.38 bits per heavy atom. The lowest BCUT2D eigenvalue weighted by molar-refractivity contribution is -0.660. The molecule has 0 aliphatic rings. The Bertz CT molecular complexity index is 2070. The van der Waals surface area contributed by atoms with E-state index in [1.807, 2.05) is 61.5 Å². The summed E-state index contributed by atoms with van der Waals surface area (Å²) in [5.74, 6) is -0.424. The molecular formula is C36H33FNO+. The maximum absolute atomic E-state index is 15.7. The Kier molecular flexibility index (Phi) is 4.46. The highest BCUT2D eigenvalue weighted by Gasteiger charge is 2.25. The number of halogens is 1. The van der Waals surface area contributed by atoms with Crippen LogP contribution in [0.15, 0.2) is 95.5 Å².